The number of carboxylic acid groups (broad SMARTS) is 1. The lowest BCUT2D eigenvalue weighted by Crippen LogP contribution is -2.32. The fourth-order valence-corrected chi connectivity index (χ4v) is 1.91. The van der Waals surface area contributed by atoms with Crippen molar-refractivity contribution in [2.75, 3.05) is 11.4 Å². The summed E-state index contributed by atoms with van der Waals surface area (Å²) in [6, 6.07) is 10.0. The summed E-state index contributed by atoms with van der Waals surface area (Å²) in [6.07, 6.45) is 0. The van der Waals surface area contributed by atoms with Gasteiger partial charge in [-0.25, -0.2) is 14.2 Å². The molecule has 108 valence electrons. The molecule has 0 spiro atoms. The van der Waals surface area contributed by atoms with Gasteiger partial charge in [-0.05, 0) is 31.2 Å². The summed E-state index contributed by atoms with van der Waals surface area (Å²) in [5.74, 6) is -2.30. The molecule has 0 radical (unpaired) electrons. The number of rotatable bonds is 4. The zero-order chi connectivity index (χ0) is 15.4. The molecule has 1 aromatic carbocycles. The number of aromatic carboxylic acids is 1. The molecule has 1 heterocycles. The van der Waals surface area contributed by atoms with E-state index in [9.17, 15) is 14.0 Å². The van der Waals surface area contributed by atoms with Gasteiger partial charge in [-0.15, -0.1) is 0 Å². The summed E-state index contributed by atoms with van der Waals surface area (Å²) in [7, 11) is 0. The van der Waals surface area contributed by atoms with Crippen LogP contribution in [-0.4, -0.2) is 28.5 Å². The molecular formula is C15H13FN2O3. The van der Waals surface area contributed by atoms with Gasteiger partial charge in [-0.1, -0.05) is 18.2 Å². The number of anilines is 1. The van der Waals surface area contributed by atoms with Crippen LogP contribution in [0.1, 0.15) is 27.9 Å². The first-order valence-corrected chi connectivity index (χ1v) is 6.31. The van der Waals surface area contributed by atoms with Crippen molar-refractivity contribution in [2.45, 2.75) is 6.92 Å². The number of aromatic nitrogens is 1. The maximum absolute atomic E-state index is 13.8. The van der Waals surface area contributed by atoms with E-state index in [1.165, 1.54) is 41.3 Å². The Morgan fingerprint density at radius 1 is 1.14 bits per heavy atom. The van der Waals surface area contributed by atoms with Crippen molar-refractivity contribution >= 4 is 17.6 Å². The normalized spacial score (nSPS) is 10.2. The maximum atomic E-state index is 13.8. The highest BCUT2D eigenvalue weighted by atomic mass is 19.1. The second-order valence-electron chi connectivity index (χ2n) is 4.21. The van der Waals surface area contributed by atoms with Gasteiger partial charge in [0.15, 0.2) is 0 Å². The predicted octanol–water partition coefficient (Wildman–Crippen LogP) is 2.59. The van der Waals surface area contributed by atoms with Gasteiger partial charge in [0.2, 0.25) is 0 Å². The van der Waals surface area contributed by atoms with Crippen LogP contribution < -0.4 is 4.90 Å². The summed E-state index contributed by atoms with van der Waals surface area (Å²) in [6.45, 7) is 1.93. The minimum Gasteiger partial charge on any atom is -0.477 e. The Hall–Kier alpha value is -2.76. The van der Waals surface area contributed by atoms with E-state index in [-0.39, 0.29) is 23.6 Å². The molecule has 0 saturated heterocycles. The van der Waals surface area contributed by atoms with E-state index in [1.54, 1.807) is 13.0 Å². The lowest BCUT2D eigenvalue weighted by Gasteiger charge is -2.21. The molecule has 6 heteroatoms. The van der Waals surface area contributed by atoms with Crippen LogP contribution in [0.4, 0.5) is 10.1 Å². The molecule has 1 N–H and O–H groups in total. The van der Waals surface area contributed by atoms with E-state index >= 15 is 0 Å². The number of nitrogens with zero attached hydrogens (tertiary/aromatic N) is 2. The number of carbonyl (C=O) groups is 2. The topological polar surface area (TPSA) is 70.5 Å². The molecule has 0 unspecified atom stereocenters. The largest absolute Gasteiger partial charge is 0.477 e. The number of hydrogen-bond donors (Lipinski definition) is 1. The first-order chi connectivity index (χ1) is 10.0. The summed E-state index contributed by atoms with van der Waals surface area (Å²) < 4.78 is 13.8. The van der Waals surface area contributed by atoms with E-state index < -0.39 is 17.7 Å². The van der Waals surface area contributed by atoms with Crippen LogP contribution >= 0.6 is 0 Å². The van der Waals surface area contributed by atoms with Crippen molar-refractivity contribution in [3.8, 4) is 0 Å². The van der Waals surface area contributed by atoms with Gasteiger partial charge < -0.3 is 10.0 Å². The molecule has 0 saturated carbocycles. The van der Waals surface area contributed by atoms with Crippen LogP contribution in [0.25, 0.3) is 0 Å². The fourth-order valence-electron chi connectivity index (χ4n) is 1.91. The number of benzene rings is 1. The fraction of sp³-hybridized carbons (Fsp3) is 0.133. The Morgan fingerprint density at radius 2 is 1.81 bits per heavy atom. The van der Waals surface area contributed by atoms with Crippen LogP contribution in [0.3, 0.4) is 0 Å². The monoisotopic (exact) mass is 288 g/mol. The molecule has 0 aliphatic rings. The van der Waals surface area contributed by atoms with Crippen LogP contribution in [0.5, 0.6) is 0 Å². The number of amides is 1. The maximum Gasteiger partial charge on any atom is 0.354 e. The quantitative estimate of drug-likeness (QED) is 0.938. The van der Waals surface area contributed by atoms with Gasteiger partial charge in [0.05, 0.1) is 5.69 Å². The molecule has 5 nitrogen and oxygen atoms in total. The summed E-state index contributed by atoms with van der Waals surface area (Å²) in [5.41, 5.74) is -0.141. The van der Waals surface area contributed by atoms with Crippen LogP contribution in [0, 0.1) is 5.82 Å². The molecular weight excluding hydrogens is 275 g/mol. The molecule has 0 fully saturated rings. The summed E-state index contributed by atoms with van der Waals surface area (Å²) in [4.78, 5) is 28.3. The van der Waals surface area contributed by atoms with E-state index in [1.807, 2.05) is 0 Å². The zero-order valence-electron chi connectivity index (χ0n) is 11.3. The Labute approximate surface area is 120 Å². The molecule has 2 aromatic rings. The smallest absolute Gasteiger partial charge is 0.354 e. The van der Waals surface area contributed by atoms with Crippen molar-refractivity contribution in [1.82, 2.24) is 4.98 Å². The lowest BCUT2D eigenvalue weighted by molar-refractivity contribution is 0.0690. The van der Waals surface area contributed by atoms with Crippen LogP contribution in [0.15, 0.2) is 42.5 Å². The van der Waals surface area contributed by atoms with Gasteiger partial charge in [-0.3, -0.25) is 4.79 Å². The highest BCUT2D eigenvalue weighted by Crippen LogP contribution is 2.20. The zero-order valence-corrected chi connectivity index (χ0v) is 11.3. The van der Waals surface area contributed by atoms with Crippen LogP contribution in [0.2, 0.25) is 0 Å². The first-order valence-electron chi connectivity index (χ1n) is 6.31. The molecule has 2 rings (SSSR count). The van der Waals surface area contributed by atoms with Crippen molar-refractivity contribution in [1.29, 1.82) is 0 Å². The standard InChI is InChI=1S/C15H13FN2O3/c1-2-18(13-9-4-3-6-10(13)16)14(19)11-7-5-8-12(17-11)15(20)21/h3-9H,2H2,1H3,(H,20,21). The van der Waals surface area contributed by atoms with E-state index in [0.717, 1.165) is 0 Å². The van der Waals surface area contributed by atoms with E-state index in [4.69, 9.17) is 5.11 Å². The average molecular weight is 288 g/mol. The van der Waals surface area contributed by atoms with Crippen LogP contribution in [-0.2, 0) is 0 Å². The van der Waals surface area contributed by atoms with Crippen molar-refractivity contribution in [3.05, 3.63) is 59.7 Å². The summed E-state index contributed by atoms with van der Waals surface area (Å²) in [5, 5.41) is 8.90. The molecule has 0 aliphatic carbocycles. The average Bonchev–Trinajstić information content (AvgIpc) is 2.50. The number of pyridine rings is 1. The predicted molar refractivity (Wildman–Crippen MR) is 74.9 cm³/mol. The highest BCUT2D eigenvalue weighted by molar-refractivity contribution is 6.05. The first kappa shape index (κ1) is 14.6. The molecule has 21 heavy (non-hydrogen) atoms. The van der Waals surface area contributed by atoms with E-state index in [2.05, 4.69) is 4.98 Å². The highest BCUT2D eigenvalue weighted by Gasteiger charge is 2.20. The van der Waals surface area contributed by atoms with Crippen molar-refractivity contribution < 1.29 is 19.1 Å². The lowest BCUT2D eigenvalue weighted by atomic mass is 10.2. The third-order valence-corrected chi connectivity index (χ3v) is 2.89. The SMILES string of the molecule is CCN(C(=O)c1cccc(C(=O)O)n1)c1ccccc1F. The van der Waals surface area contributed by atoms with Gasteiger partial charge in [0, 0.05) is 6.54 Å². The minimum absolute atomic E-state index is 0.0417. The molecule has 0 atom stereocenters. The van der Waals surface area contributed by atoms with Crippen molar-refractivity contribution in [2.24, 2.45) is 0 Å². The number of para-hydroxylation sites is 1. The minimum atomic E-state index is -1.22. The molecule has 0 aliphatic heterocycles. The third-order valence-electron chi connectivity index (χ3n) is 2.89. The van der Waals surface area contributed by atoms with Gasteiger partial charge in [0.25, 0.3) is 5.91 Å². The molecule has 1 amide bonds. The third kappa shape index (κ3) is 3.05. The Morgan fingerprint density at radius 3 is 2.43 bits per heavy atom. The van der Waals surface area contributed by atoms with E-state index in [0.29, 0.717) is 0 Å². The Balaban J connectivity index is 2.39. The molecule has 1 aromatic heterocycles. The Kier molecular flexibility index (Phi) is 4.27. The number of hydrogen-bond acceptors (Lipinski definition) is 3. The number of halogens is 1. The molecule has 0 bridgehead atoms. The number of carbonyl (C=O) groups excluding carboxylic acids is 1. The second-order valence-corrected chi connectivity index (χ2v) is 4.21. The summed E-state index contributed by atoms with van der Waals surface area (Å²) >= 11 is 0. The second kappa shape index (κ2) is 6.13. The van der Waals surface area contributed by atoms with Gasteiger partial charge >= 0.3 is 5.97 Å². The number of carboxylic acids is 1. The van der Waals surface area contributed by atoms with Crippen molar-refractivity contribution in [3.63, 3.8) is 0 Å². The Bertz CT molecular complexity index is 688. The van der Waals surface area contributed by atoms with Gasteiger partial charge in [0.1, 0.15) is 17.2 Å². The van der Waals surface area contributed by atoms with Gasteiger partial charge in [-0.2, -0.15) is 0 Å².